The Labute approximate surface area is 280 Å². The maximum Gasteiger partial charge on any atom is 0.262 e. The maximum atomic E-state index is 13.2. The normalized spacial score (nSPS) is 16.4. The molecule has 5 aromatic rings. The molecule has 2 aromatic carbocycles. The van der Waals surface area contributed by atoms with Crippen molar-refractivity contribution in [2.45, 2.75) is 31.5 Å². The molecule has 1 amide bonds. The van der Waals surface area contributed by atoms with Crippen LogP contribution in [-0.2, 0) is 11.3 Å². The number of carbonyl (C=O) groups excluding carboxylic acids is 1. The van der Waals surface area contributed by atoms with Gasteiger partial charge in [0.25, 0.3) is 11.4 Å². The number of hydrogen-bond acceptors (Lipinski definition) is 9. The first-order valence-electron chi connectivity index (χ1n) is 15.3. The van der Waals surface area contributed by atoms with Gasteiger partial charge in [-0.3, -0.25) is 14.0 Å². The number of pyridine rings is 1. The van der Waals surface area contributed by atoms with Crippen LogP contribution in [0.15, 0.2) is 71.9 Å². The number of nitrogens with two attached hydrogens (primary N) is 1. The number of ether oxygens (including phenoxy) is 1. The second-order valence-electron chi connectivity index (χ2n) is 11.8. The fourth-order valence-electron chi connectivity index (χ4n) is 6.05. The topological polar surface area (TPSA) is 140 Å². The average molecular weight is 672 g/mol. The minimum Gasteiger partial charge on any atom is -0.478 e. The van der Waals surface area contributed by atoms with E-state index in [1.165, 1.54) is 4.40 Å². The van der Waals surface area contributed by atoms with E-state index in [2.05, 4.69) is 20.6 Å². The van der Waals surface area contributed by atoms with Gasteiger partial charge in [-0.05, 0) is 24.1 Å². The number of methoxy groups -OCH3 is 1. The van der Waals surface area contributed by atoms with Crippen LogP contribution >= 0.6 is 23.2 Å². The zero-order valence-electron chi connectivity index (χ0n) is 25.5. The van der Waals surface area contributed by atoms with Crippen molar-refractivity contribution in [1.82, 2.24) is 30.0 Å². The number of amides is 1. The molecule has 0 radical (unpaired) electrons. The summed E-state index contributed by atoms with van der Waals surface area (Å²) in [4.78, 5) is 40.6. The van der Waals surface area contributed by atoms with E-state index < -0.39 is 0 Å². The fraction of sp³-hybridized carbons (Fsp3) is 0.265. The Balaban J connectivity index is 1.16. The van der Waals surface area contributed by atoms with Crippen molar-refractivity contribution in [3.05, 3.63) is 93.1 Å². The van der Waals surface area contributed by atoms with E-state index >= 15 is 0 Å². The first kappa shape index (κ1) is 31.1. The third kappa shape index (κ3) is 6.03. The van der Waals surface area contributed by atoms with Crippen molar-refractivity contribution in [2.24, 2.45) is 5.73 Å². The molecule has 5 heterocycles. The molecule has 0 spiro atoms. The fourth-order valence-corrected chi connectivity index (χ4v) is 6.71. The maximum absolute atomic E-state index is 13.2. The van der Waals surface area contributed by atoms with Crippen molar-refractivity contribution >= 4 is 40.6 Å². The van der Waals surface area contributed by atoms with Crippen LogP contribution in [-0.4, -0.2) is 64.1 Å². The number of anilines is 1. The van der Waals surface area contributed by atoms with Crippen molar-refractivity contribution in [3.8, 4) is 39.4 Å². The summed E-state index contributed by atoms with van der Waals surface area (Å²) in [5.74, 6) is 1.12. The van der Waals surface area contributed by atoms with E-state index in [0.29, 0.717) is 76.8 Å². The predicted molar refractivity (Wildman–Crippen MR) is 183 cm³/mol. The molecule has 0 aliphatic carbocycles. The molecule has 1 atom stereocenters. The highest BCUT2D eigenvalue weighted by Crippen LogP contribution is 2.42. The molecule has 0 bridgehead atoms. The molecule has 240 valence electrons. The highest BCUT2D eigenvalue weighted by Gasteiger charge is 2.28. The van der Waals surface area contributed by atoms with E-state index in [9.17, 15) is 9.59 Å². The first-order valence-corrected chi connectivity index (χ1v) is 16.1. The van der Waals surface area contributed by atoms with Gasteiger partial charge in [0.15, 0.2) is 5.82 Å². The Morgan fingerprint density at radius 3 is 2.43 bits per heavy atom. The Morgan fingerprint density at radius 1 is 1.00 bits per heavy atom. The zero-order chi connectivity index (χ0) is 32.7. The van der Waals surface area contributed by atoms with E-state index in [1.54, 1.807) is 25.7 Å². The predicted octanol–water partition coefficient (Wildman–Crippen LogP) is 4.32. The second-order valence-corrected chi connectivity index (χ2v) is 12.5. The Hall–Kier alpha value is -4.55. The Kier molecular flexibility index (Phi) is 8.54. The van der Waals surface area contributed by atoms with Crippen LogP contribution in [0.4, 0.5) is 5.82 Å². The molecule has 2 saturated heterocycles. The number of aromatic nitrogens is 4. The van der Waals surface area contributed by atoms with E-state index in [4.69, 9.17) is 38.7 Å². The third-order valence-corrected chi connectivity index (χ3v) is 9.39. The Morgan fingerprint density at radius 2 is 1.72 bits per heavy atom. The van der Waals surface area contributed by atoms with Crippen LogP contribution in [0.3, 0.4) is 0 Å². The molecule has 2 fully saturated rings. The standard InChI is InChI=1S/C34H32Cl2N8O3/c1-47-33-32(43-17-21(37)18-43)40-16-27(42-33)26-7-3-6-25(31(26)36)24-5-2-4-23(30(24)35)19-10-11-44-28(12-19)39-14-20(34(44)46)13-38-15-22-8-9-29(45)41-22/h2-7,10-12,14,16,21-22,38H,8-9,13,15,17-18,37H2,1H3,(H,41,45)/t22-/m1/s1. The van der Waals surface area contributed by atoms with Gasteiger partial charge in [-0.2, -0.15) is 0 Å². The van der Waals surface area contributed by atoms with Crippen molar-refractivity contribution in [3.63, 3.8) is 0 Å². The van der Waals surface area contributed by atoms with Crippen LogP contribution in [0.2, 0.25) is 10.0 Å². The molecular weight excluding hydrogens is 639 g/mol. The third-order valence-electron chi connectivity index (χ3n) is 8.57. The van der Waals surface area contributed by atoms with Gasteiger partial charge < -0.3 is 26.0 Å². The number of nitrogens with zero attached hydrogens (tertiary/aromatic N) is 5. The van der Waals surface area contributed by atoms with Crippen molar-refractivity contribution in [2.75, 3.05) is 31.6 Å². The zero-order valence-corrected chi connectivity index (χ0v) is 27.1. The number of hydrogen-bond donors (Lipinski definition) is 3. The summed E-state index contributed by atoms with van der Waals surface area (Å²) in [6.45, 7) is 2.34. The van der Waals surface area contributed by atoms with E-state index in [0.717, 1.165) is 28.7 Å². The summed E-state index contributed by atoms with van der Waals surface area (Å²) in [5.41, 5.74) is 11.1. The lowest BCUT2D eigenvalue weighted by Crippen LogP contribution is -2.56. The smallest absolute Gasteiger partial charge is 0.262 e. The van der Waals surface area contributed by atoms with Crippen molar-refractivity contribution < 1.29 is 9.53 Å². The molecule has 2 aliphatic heterocycles. The first-order chi connectivity index (χ1) is 22.8. The summed E-state index contributed by atoms with van der Waals surface area (Å²) >= 11 is 14.1. The number of halogens is 2. The average Bonchev–Trinajstić information content (AvgIpc) is 3.49. The molecule has 0 saturated carbocycles. The van der Waals surface area contributed by atoms with Crippen molar-refractivity contribution in [1.29, 1.82) is 0 Å². The number of rotatable bonds is 9. The van der Waals surface area contributed by atoms with Gasteiger partial charge in [0.05, 0.1) is 29.0 Å². The highest BCUT2D eigenvalue weighted by atomic mass is 35.5. The van der Waals surface area contributed by atoms with Gasteiger partial charge in [0.1, 0.15) is 5.65 Å². The molecule has 4 N–H and O–H groups in total. The van der Waals surface area contributed by atoms with Crippen LogP contribution in [0.1, 0.15) is 18.4 Å². The van der Waals surface area contributed by atoms with Gasteiger partial charge in [-0.15, -0.1) is 0 Å². The Bertz CT molecular complexity index is 2060. The summed E-state index contributed by atoms with van der Waals surface area (Å²) in [5, 5.41) is 7.16. The number of carbonyl (C=O) groups is 1. The molecule has 0 unspecified atom stereocenters. The van der Waals surface area contributed by atoms with Gasteiger partial charge in [0.2, 0.25) is 5.91 Å². The summed E-state index contributed by atoms with van der Waals surface area (Å²) < 4.78 is 7.08. The molecule has 7 rings (SSSR count). The lowest BCUT2D eigenvalue weighted by Gasteiger charge is -2.37. The molecule has 2 aliphatic rings. The quantitative estimate of drug-likeness (QED) is 0.209. The minimum absolute atomic E-state index is 0.0629. The number of nitrogens with one attached hydrogen (secondary N) is 2. The van der Waals surface area contributed by atoms with Crippen LogP contribution in [0.5, 0.6) is 5.88 Å². The number of benzene rings is 2. The SMILES string of the molecule is COc1nc(-c2cccc(-c3cccc(-c4ccn5c(=O)c(CNC[C@H]6CCC(=O)N6)cnc5c4)c3Cl)c2Cl)cnc1N1CC(N)C1. The lowest BCUT2D eigenvalue weighted by molar-refractivity contribution is -0.119. The van der Waals surface area contributed by atoms with Gasteiger partial charge in [0, 0.05) is 84.9 Å². The van der Waals surface area contributed by atoms with Crippen LogP contribution in [0, 0.1) is 0 Å². The van der Waals surface area contributed by atoms with Gasteiger partial charge >= 0.3 is 0 Å². The van der Waals surface area contributed by atoms with Gasteiger partial charge in [-0.25, -0.2) is 15.0 Å². The second kappa shape index (κ2) is 12.9. The minimum atomic E-state index is -0.158. The molecule has 11 nitrogen and oxygen atoms in total. The molecule has 13 heteroatoms. The molecule has 3 aromatic heterocycles. The summed E-state index contributed by atoms with van der Waals surface area (Å²) in [7, 11) is 1.57. The molecule has 47 heavy (non-hydrogen) atoms. The molecular formula is C34H32Cl2N8O3. The largest absolute Gasteiger partial charge is 0.478 e. The number of fused-ring (bicyclic) bond motifs is 1. The van der Waals surface area contributed by atoms with E-state index in [1.807, 2.05) is 53.4 Å². The van der Waals surface area contributed by atoms with Crippen LogP contribution in [0.25, 0.3) is 39.2 Å². The highest BCUT2D eigenvalue weighted by molar-refractivity contribution is 6.39. The van der Waals surface area contributed by atoms with Crippen LogP contribution < -0.4 is 31.6 Å². The summed E-state index contributed by atoms with van der Waals surface area (Å²) in [6.07, 6.45) is 6.31. The summed E-state index contributed by atoms with van der Waals surface area (Å²) in [6, 6.07) is 15.3. The monoisotopic (exact) mass is 670 g/mol. The van der Waals surface area contributed by atoms with E-state index in [-0.39, 0.29) is 23.6 Å². The lowest BCUT2D eigenvalue weighted by atomic mass is 9.97. The van der Waals surface area contributed by atoms with Gasteiger partial charge in [-0.1, -0.05) is 59.6 Å².